The number of hydrogen-bond donors (Lipinski definition) is 1. The lowest BCUT2D eigenvalue weighted by Gasteiger charge is -2.39. The number of nitrogens with zero attached hydrogens (tertiary/aromatic N) is 2. The number of hydrogen-bond acceptors (Lipinski definition) is 4. The molecule has 1 N–H and O–H groups in total. The summed E-state index contributed by atoms with van der Waals surface area (Å²) in [6.45, 7) is 0.0482. The minimum absolute atomic E-state index is 0.0482. The summed E-state index contributed by atoms with van der Waals surface area (Å²) in [6, 6.07) is -0.697. The predicted molar refractivity (Wildman–Crippen MR) is 62.9 cm³/mol. The summed E-state index contributed by atoms with van der Waals surface area (Å²) >= 11 is 0. The Morgan fingerprint density at radius 1 is 1.16 bits per heavy atom. The fourth-order valence-corrected chi connectivity index (χ4v) is 2.56. The lowest BCUT2D eigenvalue weighted by atomic mass is 9.93. The number of carboxylic acids is 1. The van der Waals surface area contributed by atoms with Crippen molar-refractivity contribution in [3.63, 3.8) is 0 Å². The number of likely N-dealkylation sites (tertiary alicyclic amines) is 2. The second kappa shape index (κ2) is 4.99. The van der Waals surface area contributed by atoms with E-state index in [9.17, 15) is 19.2 Å². The molecule has 0 aromatic rings. The summed E-state index contributed by atoms with van der Waals surface area (Å²) in [4.78, 5) is 48.6. The molecular formula is C12H16N2O5. The van der Waals surface area contributed by atoms with Gasteiger partial charge >= 0.3 is 5.97 Å². The zero-order chi connectivity index (χ0) is 14.2. The Morgan fingerprint density at radius 2 is 1.79 bits per heavy atom. The van der Waals surface area contributed by atoms with Crippen LogP contribution in [0.5, 0.6) is 0 Å². The van der Waals surface area contributed by atoms with Crippen molar-refractivity contribution in [2.24, 2.45) is 5.92 Å². The molecule has 2 aliphatic heterocycles. The van der Waals surface area contributed by atoms with Crippen molar-refractivity contribution in [2.45, 2.75) is 31.7 Å². The molecule has 7 nitrogen and oxygen atoms in total. The summed E-state index contributed by atoms with van der Waals surface area (Å²) in [5.74, 6) is -2.48. The highest BCUT2D eigenvalue weighted by atomic mass is 16.4. The number of rotatable bonds is 2. The van der Waals surface area contributed by atoms with Crippen molar-refractivity contribution in [3.8, 4) is 0 Å². The van der Waals surface area contributed by atoms with E-state index in [0.29, 0.717) is 6.42 Å². The van der Waals surface area contributed by atoms with Gasteiger partial charge in [-0.15, -0.1) is 0 Å². The molecule has 19 heavy (non-hydrogen) atoms. The second-order valence-electron chi connectivity index (χ2n) is 4.97. The van der Waals surface area contributed by atoms with Gasteiger partial charge < -0.3 is 10.0 Å². The maximum absolute atomic E-state index is 12.0. The van der Waals surface area contributed by atoms with Gasteiger partial charge in [-0.1, -0.05) is 0 Å². The van der Waals surface area contributed by atoms with Crippen molar-refractivity contribution in [1.29, 1.82) is 0 Å². The van der Waals surface area contributed by atoms with E-state index in [1.54, 1.807) is 0 Å². The lowest BCUT2D eigenvalue weighted by molar-refractivity contribution is -0.160. The van der Waals surface area contributed by atoms with Crippen LogP contribution in [0, 0.1) is 5.92 Å². The minimum Gasteiger partial charge on any atom is -0.481 e. The first-order valence-electron chi connectivity index (χ1n) is 6.24. The molecule has 0 saturated carbocycles. The summed E-state index contributed by atoms with van der Waals surface area (Å²) in [5, 5.41) is 9.01. The van der Waals surface area contributed by atoms with Gasteiger partial charge in [0.05, 0.1) is 5.92 Å². The summed E-state index contributed by atoms with van der Waals surface area (Å²) in [5.41, 5.74) is 0. The van der Waals surface area contributed by atoms with Crippen LogP contribution >= 0.6 is 0 Å². The number of imide groups is 1. The zero-order valence-corrected chi connectivity index (χ0v) is 10.7. The average Bonchev–Trinajstić information content (AvgIpc) is 2.37. The van der Waals surface area contributed by atoms with Crippen LogP contribution in [0.4, 0.5) is 0 Å². The van der Waals surface area contributed by atoms with Crippen LogP contribution in [-0.2, 0) is 19.2 Å². The summed E-state index contributed by atoms with van der Waals surface area (Å²) in [6.07, 6.45) is 0.924. The third kappa shape index (κ3) is 2.45. The molecule has 3 amide bonds. The van der Waals surface area contributed by atoms with E-state index < -0.39 is 23.8 Å². The molecule has 0 aromatic carbocycles. The monoisotopic (exact) mass is 268 g/mol. The van der Waals surface area contributed by atoms with Crippen molar-refractivity contribution in [1.82, 2.24) is 9.80 Å². The third-order valence-electron chi connectivity index (χ3n) is 3.79. The van der Waals surface area contributed by atoms with E-state index in [-0.39, 0.29) is 37.6 Å². The highest BCUT2D eigenvalue weighted by Gasteiger charge is 2.41. The average molecular weight is 268 g/mol. The minimum atomic E-state index is -0.954. The van der Waals surface area contributed by atoms with Crippen LogP contribution in [0.1, 0.15) is 25.7 Å². The molecule has 2 heterocycles. The first kappa shape index (κ1) is 13.5. The molecule has 104 valence electrons. The zero-order valence-electron chi connectivity index (χ0n) is 10.7. The molecule has 0 radical (unpaired) electrons. The molecule has 2 fully saturated rings. The van der Waals surface area contributed by atoms with E-state index in [1.807, 2.05) is 0 Å². The standard InChI is InChI=1S/C12H16N2O5/c1-13-9(15)5-3-8(11(13)17)14-6-7(12(18)19)2-4-10(14)16/h7-8H,2-6H2,1H3,(H,18,19). The largest absolute Gasteiger partial charge is 0.481 e. The number of carbonyl (C=O) groups excluding carboxylic acids is 3. The van der Waals surface area contributed by atoms with Gasteiger partial charge in [-0.25, -0.2) is 0 Å². The van der Waals surface area contributed by atoms with Crippen LogP contribution < -0.4 is 0 Å². The number of amides is 3. The number of likely N-dealkylation sites (N-methyl/N-ethyl adjacent to an activating group) is 1. The van der Waals surface area contributed by atoms with Gasteiger partial charge in [-0.3, -0.25) is 24.1 Å². The van der Waals surface area contributed by atoms with Gasteiger partial charge in [0.25, 0.3) is 5.91 Å². The molecule has 7 heteroatoms. The summed E-state index contributed by atoms with van der Waals surface area (Å²) in [7, 11) is 1.39. The molecule has 0 spiro atoms. The summed E-state index contributed by atoms with van der Waals surface area (Å²) < 4.78 is 0. The second-order valence-corrected chi connectivity index (χ2v) is 4.97. The molecular weight excluding hydrogens is 252 g/mol. The van der Waals surface area contributed by atoms with E-state index >= 15 is 0 Å². The maximum Gasteiger partial charge on any atom is 0.308 e. The smallest absolute Gasteiger partial charge is 0.308 e. The normalized spacial score (nSPS) is 28.8. The highest BCUT2D eigenvalue weighted by molar-refractivity contribution is 6.01. The highest BCUT2D eigenvalue weighted by Crippen LogP contribution is 2.25. The predicted octanol–water partition coefficient (Wildman–Crippen LogP) is -0.543. The van der Waals surface area contributed by atoms with Gasteiger partial charge in [0.1, 0.15) is 6.04 Å². The molecule has 2 atom stereocenters. The SMILES string of the molecule is CN1C(=O)CCC(N2CC(C(=O)O)CCC2=O)C1=O. The van der Waals surface area contributed by atoms with Crippen LogP contribution in [0.2, 0.25) is 0 Å². The molecule has 0 bridgehead atoms. The fraction of sp³-hybridized carbons (Fsp3) is 0.667. The van der Waals surface area contributed by atoms with E-state index in [4.69, 9.17) is 5.11 Å². The lowest BCUT2D eigenvalue weighted by Crippen LogP contribution is -2.57. The van der Waals surface area contributed by atoms with Gasteiger partial charge in [-0.05, 0) is 12.8 Å². The topological polar surface area (TPSA) is 95.0 Å². The first-order chi connectivity index (χ1) is 8.91. The molecule has 0 aromatic heterocycles. The van der Waals surface area contributed by atoms with Crippen LogP contribution in [0.15, 0.2) is 0 Å². The van der Waals surface area contributed by atoms with Crippen LogP contribution in [0.25, 0.3) is 0 Å². The van der Waals surface area contributed by atoms with Crippen LogP contribution in [-0.4, -0.2) is 58.2 Å². The third-order valence-corrected chi connectivity index (χ3v) is 3.79. The molecule has 2 saturated heterocycles. The molecule has 2 aliphatic rings. The number of carboxylic acid groups (broad SMARTS) is 1. The van der Waals surface area contributed by atoms with Crippen LogP contribution in [0.3, 0.4) is 0 Å². The van der Waals surface area contributed by atoms with E-state index in [1.165, 1.54) is 11.9 Å². The van der Waals surface area contributed by atoms with Gasteiger partial charge in [0, 0.05) is 26.4 Å². The van der Waals surface area contributed by atoms with Gasteiger partial charge in [0.2, 0.25) is 11.8 Å². The van der Waals surface area contributed by atoms with Crippen molar-refractivity contribution >= 4 is 23.7 Å². The molecule has 2 unspecified atom stereocenters. The van der Waals surface area contributed by atoms with Crippen molar-refractivity contribution in [3.05, 3.63) is 0 Å². The van der Waals surface area contributed by atoms with E-state index in [2.05, 4.69) is 0 Å². The van der Waals surface area contributed by atoms with Crippen molar-refractivity contribution < 1.29 is 24.3 Å². The number of carbonyl (C=O) groups is 4. The molecule has 0 aliphatic carbocycles. The Kier molecular flexibility index (Phi) is 3.55. The fourth-order valence-electron chi connectivity index (χ4n) is 2.56. The number of piperidine rings is 2. The number of aliphatic carboxylic acids is 1. The maximum atomic E-state index is 12.0. The Labute approximate surface area is 110 Å². The van der Waals surface area contributed by atoms with Gasteiger partial charge in [-0.2, -0.15) is 0 Å². The van der Waals surface area contributed by atoms with Gasteiger partial charge in [0.15, 0.2) is 0 Å². The first-order valence-corrected chi connectivity index (χ1v) is 6.24. The molecule has 2 rings (SSSR count). The Bertz CT molecular complexity index is 447. The Morgan fingerprint density at radius 3 is 2.42 bits per heavy atom. The Balaban J connectivity index is 2.15. The Hall–Kier alpha value is -1.92. The quantitative estimate of drug-likeness (QED) is 0.678. The van der Waals surface area contributed by atoms with E-state index in [0.717, 1.165) is 4.90 Å². The van der Waals surface area contributed by atoms with Crippen molar-refractivity contribution in [2.75, 3.05) is 13.6 Å².